The van der Waals surface area contributed by atoms with Crippen LogP contribution in [0.15, 0.2) is 12.1 Å². The van der Waals surface area contributed by atoms with Crippen molar-refractivity contribution in [3.05, 3.63) is 23.3 Å². The number of fused-ring (bicyclic) bond motifs is 5. The summed E-state index contributed by atoms with van der Waals surface area (Å²) < 4.78 is 36.3. The van der Waals surface area contributed by atoms with E-state index in [0.29, 0.717) is 17.3 Å². The smallest absolute Gasteiger partial charge is 0.409 e. The van der Waals surface area contributed by atoms with Crippen LogP contribution in [0.2, 0.25) is 0 Å². The van der Waals surface area contributed by atoms with Crippen molar-refractivity contribution in [3.63, 3.8) is 0 Å². The van der Waals surface area contributed by atoms with E-state index in [1.165, 1.54) is 31.2 Å². The summed E-state index contributed by atoms with van der Waals surface area (Å²) in [5.41, 5.74) is 2.70. The second-order valence-corrected chi connectivity index (χ2v) is 10.2. The molecule has 0 radical (unpaired) electrons. The van der Waals surface area contributed by atoms with Gasteiger partial charge in [-0.05, 0) is 85.0 Å². The highest BCUT2D eigenvalue weighted by Crippen LogP contribution is 2.61. The lowest BCUT2D eigenvalue weighted by molar-refractivity contribution is -0.117. The quantitative estimate of drug-likeness (QED) is 0.706. The number of amides is 1. The van der Waals surface area contributed by atoms with Gasteiger partial charge in [-0.15, -0.1) is 0 Å². The van der Waals surface area contributed by atoms with Gasteiger partial charge >= 0.3 is 10.3 Å². The van der Waals surface area contributed by atoms with Crippen LogP contribution in [0.5, 0.6) is 11.5 Å². The van der Waals surface area contributed by atoms with Crippen LogP contribution in [0.1, 0.15) is 69.4 Å². The van der Waals surface area contributed by atoms with E-state index < -0.39 is 23.0 Å². The van der Waals surface area contributed by atoms with E-state index in [4.69, 9.17) is 8.92 Å². The minimum absolute atomic E-state index is 0.00786. The highest BCUT2D eigenvalue weighted by Gasteiger charge is 2.50. The molecule has 0 aliphatic heterocycles. The molecule has 160 valence electrons. The fourth-order valence-electron chi connectivity index (χ4n) is 6.13. The molecule has 3 unspecified atom stereocenters. The van der Waals surface area contributed by atoms with Crippen molar-refractivity contribution in [2.45, 2.75) is 64.7 Å². The van der Waals surface area contributed by atoms with Crippen LogP contribution in [-0.2, 0) is 21.5 Å². The number of aliphatic hydroxyl groups excluding tert-OH is 1. The molecule has 1 aromatic carbocycles. The SMILES string of the molecule is CC(=O)NS(=O)(=O)Oc1cc2c(cc1OCO)C1CC[C@]3(C)CCCC3C1CC2. The summed E-state index contributed by atoms with van der Waals surface area (Å²) in [4.78, 5) is 11.1. The number of hydrogen-bond acceptors (Lipinski definition) is 6. The van der Waals surface area contributed by atoms with E-state index in [1.807, 2.05) is 6.07 Å². The molecule has 8 heteroatoms. The van der Waals surface area contributed by atoms with Crippen LogP contribution in [-0.4, -0.2) is 26.2 Å². The third kappa shape index (κ3) is 3.84. The number of hydrogen-bond donors (Lipinski definition) is 2. The Morgan fingerprint density at radius 3 is 2.76 bits per heavy atom. The first-order valence-electron chi connectivity index (χ1n) is 10.4. The van der Waals surface area contributed by atoms with Crippen LogP contribution < -0.4 is 13.6 Å². The predicted molar refractivity (Wildman–Crippen MR) is 107 cm³/mol. The summed E-state index contributed by atoms with van der Waals surface area (Å²) in [7, 11) is -4.31. The molecular formula is C21H29NO6S. The second kappa shape index (κ2) is 7.47. The molecule has 3 aliphatic carbocycles. The molecule has 0 aromatic heterocycles. The summed E-state index contributed by atoms with van der Waals surface area (Å²) in [5, 5.41) is 9.28. The topological polar surface area (TPSA) is 102 Å². The molecule has 2 saturated carbocycles. The largest absolute Gasteiger partial charge is 0.464 e. The first-order chi connectivity index (χ1) is 13.7. The number of aliphatic hydroxyl groups is 1. The van der Waals surface area contributed by atoms with E-state index in [0.717, 1.165) is 37.7 Å². The van der Waals surface area contributed by atoms with Crippen molar-refractivity contribution < 1.29 is 27.2 Å². The fraction of sp³-hybridized carbons (Fsp3) is 0.667. The van der Waals surface area contributed by atoms with Gasteiger partial charge in [0, 0.05) is 6.92 Å². The molecule has 2 fully saturated rings. The molecule has 3 aliphatic rings. The van der Waals surface area contributed by atoms with E-state index in [2.05, 4.69) is 6.92 Å². The fourth-order valence-corrected chi connectivity index (χ4v) is 6.89. The van der Waals surface area contributed by atoms with Gasteiger partial charge in [-0.2, -0.15) is 8.42 Å². The molecule has 0 bridgehead atoms. The van der Waals surface area contributed by atoms with Crippen molar-refractivity contribution in [2.24, 2.45) is 17.3 Å². The molecular weight excluding hydrogens is 394 g/mol. The third-order valence-electron chi connectivity index (χ3n) is 7.26. The first-order valence-corrected chi connectivity index (χ1v) is 11.8. The number of ether oxygens (including phenoxy) is 1. The first kappa shape index (κ1) is 20.5. The van der Waals surface area contributed by atoms with Crippen molar-refractivity contribution in [1.29, 1.82) is 0 Å². The lowest BCUT2D eigenvalue weighted by atomic mass is 9.56. The zero-order chi connectivity index (χ0) is 20.8. The summed E-state index contributed by atoms with van der Waals surface area (Å²) in [6, 6.07) is 3.52. The van der Waals surface area contributed by atoms with Crippen molar-refractivity contribution in [3.8, 4) is 11.5 Å². The van der Waals surface area contributed by atoms with Crippen molar-refractivity contribution in [2.75, 3.05) is 6.79 Å². The highest BCUT2D eigenvalue weighted by atomic mass is 32.2. The standard InChI is InChI=1S/C21H29NO6S/c1-13(24)22-29(25,26)28-20-10-14-5-6-16-15(17(14)11-19(20)27-12-23)7-9-21(2)8-3-4-18(16)21/h10-11,15-16,18,23H,3-9,12H2,1-2H3,(H,22,24)/t15?,16?,18?,21-/m0/s1. The van der Waals surface area contributed by atoms with Gasteiger partial charge < -0.3 is 14.0 Å². The molecule has 1 amide bonds. The van der Waals surface area contributed by atoms with E-state index in [9.17, 15) is 18.3 Å². The zero-order valence-electron chi connectivity index (χ0n) is 16.9. The lowest BCUT2D eigenvalue weighted by Gasteiger charge is -2.49. The summed E-state index contributed by atoms with van der Waals surface area (Å²) in [6.45, 7) is 2.95. The van der Waals surface area contributed by atoms with E-state index >= 15 is 0 Å². The number of carbonyl (C=O) groups is 1. The van der Waals surface area contributed by atoms with Crippen LogP contribution in [0.3, 0.4) is 0 Å². The van der Waals surface area contributed by atoms with E-state index in [1.54, 1.807) is 10.8 Å². The minimum atomic E-state index is -4.31. The van der Waals surface area contributed by atoms with Crippen LogP contribution >= 0.6 is 0 Å². The Morgan fingerprint density at radius 2 is 2.03 bits per heavy atom. The van der Waals surface area contributed by atoms with Gasteiger partial charge in [0.1, 0.15) is 0 Å². The normalized spacial score (nSPS) is 30.7. The Labute approximate surface area is 172 Å². The molecule has 0 saturated heterocycles. The van der Waals surface area contributed by atoms with Gasteiger partial charge in [0.15, 0.2) is 18.3 Å². The van der Waals surface area contributed by atoms with Gasteiger partial charge in [-0.1, -0.05) is 13.3 Å². The third-order valence-corrected chi connectivity index (χ3v) is 8.20. The minimum Gasteiger partial charge on any atom is -0.464 e. The van der Waals surface area contributed by atoms with Gasteiger partial charge in [-0.3, -0.25) is 4.79 Å². The number of rotatable bonds is 5. The molecule has 0 heterocycles. The Balaban J connectivity index is 1.67. The lowest BCUT2D eigenvalue weighted by Crippen LogP contribution is -2.39. The molecule has 1 aromatic rings. The Hall–Kier alpha value is -1.80. The summed E-state index contributed by atoms with van der Waals surface area (Å²) in [6.07, 6.45) is 8.21. The highest BCUT2D eigenvalue weighted by molar-refractivity contribution is 7.85. The number of benzene rings is 1. The Morgan fingerprint density at radius 1 is 1.24 bits per heavy atom. The van der Waals surface area contributed by atoms with Gasteiger partial charge in [-0.25, -0.2) is 4.72 Å². The van der Waals surface area contributed by atoms with Gasteiger partial charge in [0.05, 0.1) is 0 Å². The Bertz CT molecular complexity index is 914. The molecule has 29 heavy (non-hydrogen) atoms. The van der Waals surface area contributed by atoms with Crippen LogP contribution in [0.25, 0.3) is 0 Å². The Kier molecular flexibility index (Phi) is 5.27. The maximum atomic E-state index is 12.1. The molecule has 4 atom stereocenters. The van der Waals surface area contributed by atoms with Gasteiger partial charge in [0.2, 0.25) is 5.91 Å². The number of carbonyl (C=O) groups excluding carboxylic acids is 1. The zero-order valence-corrected chi connectivity index (χ0v) is 17.8. The van der Waals surface area contributed by atoms with Gasteiger partial charge in [0.25, 0.3) is 0 Å². The number of aryl methyl sites for hydroxylation is 1. The maximum Gasteiger partial charge on any atom is 0.409 e. The van der Waals surface area contributed by atoms with Crippen LogP contribution in [0, 0.1) is 17.3 Å². The molecule has 7 nitrogen and oxygen atoms in total. The predicted octanol–water partition coefficient (Wildman–Crippen LogP) is 3.02. The van der Waals surface area contributed by atoms with Crippen LogP contribution in [0.4, 0.5) is 0 Å². The molecule has 4 rings (SSSR count). The monoisotopic (exact) mass is 423 g/mol. The molecule has 2 N–H and O–H groups in total. The van der Waals surface area contributed by atoms with E-state index in [-0.39, 0.29) is 11.5 Å². The summed E-state index contributed by atoms with van der Waals surface area (Å²) >= 11 is 0. The maximum absolute atomic E-state index is 12.1. The average Bonchev–Trinajstić information content (AvgIpc) is 3.02. The van der Waals surface area contributed by atoms with Crippen molar-refractivity contribution in [1.82, 2.24) is 4.72 Å². The summed E-state index contributed by atoms with van der Waals surface area (Å²) in [5.74, 6) is 1.25. The van der Waals surface area contributed by atoms with Crippen molar-refractivity contribution >= 4 is 16.2 Å². The second-order valence-electron chi connectivity index (χ2n) is 8.97. The molecule has 0 spiro atoms. The average molecular weight is 424 g/mol. The number of nitrogens with one attached hydrogen (secondary N) is 1.